The van der Waals surface area contributed by atoms with Crippen LogP contribution in [0.15, 0.2) is 41.0 Å². The summed E-state index contributed by atoms with van der Waals surface area (Å²) in [5.74, 6) is -0.225. The number of anilines is 1. The lowest BCUT2D eigenvalue weighted by molar-refractivity contribution is 0.102. The molecule has 2 aromatic rings. The van der Waals surface area contributed by atoms with E-state index in [1.54, 1.807) is 24.4 Å². The van der Waals surface area contributed by atoms with Crippen LogP contribution in [0.4, 0.5) is 5.69 Å². The molecule has 92 valence electrons. The minimum Gasteiger partial charge on any atom is -0.319 e. The van der Waals surface area contributed by atoms with Gasteiger partial charge in [0.05, 0.1) is 11.3 Å². The summed E-state index contributed by atoms with van der Waals surface area (Å²) in [6.07, 6.45) is 1.57. The minimum absolute atomic E-state index is 0.225. The zero-order chi connectivity index (χ0) is 13.1. The Morgan fingerprint density at radius 2 is 2.17 bits per heavy atom. The van der Waals surface area contributed by atoms with E-state index in [9.17, 15) is 4.79 Å². The van der Waals surface area contributed by atoms with Crippen LogP contribution in [0.1, 0.15) is 15.9 Å². The van der Waals surface area contributed by atoms with Crippen molar-refractivity contribution >= 4 is 39.1 Å². The van der Waals surface area contributed by atoms with E-state index >= 15 is 0 Å². The molecule has 2 rings (SSSR count). The van der Waals surface area contributed by atoms with Gasteiger partial charge in [-0.1, -0.05) is 17.7 Å². The van der Waals surface area contributed by atoms with Crippen molar-refractivity contribution in [1.82, 2.24) is 4.98 Å². The van der Waals surface area contributed by atoms with Gasteiger partial charge < -0.3 is 5.32 Å². The molecule has 3 nitrogen and oxygen atoms in total. The monoisotopic (exact) mass is 324 g/mol. The van der Waals surface area contributed by atoms with E-state index in [0.29, 0.717) is 11.3 Å². The Balaban J connectivity index is 2.25. The number of aromatic nitrogens is 1. The van der Waals surface area contributed by atoms with Gasteiger partial charge in [-0.05, 0) is 52.7 Å². The molecule has 0 saturated carbocycles. The summed E-state index contributed by atoms with van der Waals surface area (Å²) in [4.78, 5) is 16.0. The first-order chi connectivity index (χ1) is 8.58. The third-order valence-electron chi connectivity index (χ3n) is 2.38. The zero-order valence-corrected chi connectivity index (χ0v) is 11.9. The first kappa shape index (κ1) is 13.1. The first-order valence-electron chi connectivity index (χ1n) is 5.26. The topological polar surface area (TPSA) is 42.0 Å². The van der Waals surface area contributed by atoms with Crippen molar-refractivity contribution in [3.8, 4) is 0 Å². The molecule has 1 heterocycles. The molecule has 0 saturated heterocycles. The van der Waals surface area contributed by atoms with Gasteiger partial charge in [0.1, 0.15) is 0 Å². The molecule has 0 spiro atoms. The summed E-state index contributed by atoms with van der Waals surface area (Å²) in [5, 5.41) is 3.00. The predicted octanol–water partition coefficient (Wildman–Crippen LogP) is 4.06. The number of hydrogen-bond donors (Lipinski definition) is 1. The molecule has 0 aliphatic heterocycles. The molecule has 5 heteroatoms. The molecule has 0 atom stereocenters. The van der Waals surface area contributed by atoms with Gasteiger partial charge in [-0.3, -0.25) is 4.79 Å². The average Bonchev–Trinajstić information content (AvgIpc) is 2.32. The number of benzene rings is 1. The predicted molar refractivity (Wildman–Crippen MR) is 76.1 cm³/mol. The number of carbonyl (C=O) groups is 1. The molecule has 0 aliphatic rings. The normalized spacial score (nSPS) is 10.2. The maximum Gasteiger partial charge on any atom is 0.256 e. The zero-order valence-electron chi connectivity index (χ0n) is 9.58. The van der Waals surface area contributed by atoms with Crippen molar-refractivity contribution in [1.29, 1.82) is 0 Å². The molecule has 18 heavy (non-hydrogen) atoms. The summed E-state index contributed by atoms with van der Waals surface area (Å²) >= 11 is 9.25. The van der Waals surface area contributed by atoms with Gasteiger partial charge >= 0.3 is 0 Å². The van der Waals surface area contributed by atoms with Gasteiger partial charge in [0, 0.05) is 10.7 Å². The smallest absolute Gasteiger partial charge is 0.256 e. The fourth-order valence-electron chi connectivity index (χ4n) is 1.47. The second kappa shape index (κ2) is 5.50. The van der Waals surface area contributed by atoms with Crippen LogP contribution in [0.5, 0.6) is 0 Å². The SMILES string of the molecule is Cc1ccc(C(=O)Nc2cccnc2Cl)c(Br)c1. The summed E-state index contributed by atoms with van der Waals surface area (Å²) < 4.78 is 0.750. The minimum atomic E-state index is -0.225. The molecule has 0 unspecified atom stereocenters. The van der Waals surface area contributed by atoms with Gasteiger partial charge in [-0.2, -0.15) is 0 Å². The lowest BCUT2D eigenvalue weighted by atomic mass is 10.1. The van der Waals surface area contributed by atoms with Crippen molar-refractivity contribution in [3.63, 3.8) is 0 Å². The van der Waals surface area contributed by atoms with Crippen LogP contribution in [0.3, 0.4) is 0 Å². The van der Waals surface area contributed by atoms with E-state index < -0.39 is 0 Å². The molecule has 1 aromatic carbocycles. The third-order valence-corrected chi connectivity index (χ3v) is 3.33. The number of aryl methyl sites for hydroxylation is 1. The Morgan fingerprint density at radius 1 is 1.39 bits per heavy atom. The number of carbonyl (C=O) groups excluding carboxylic acids is 1. The van der Waals surface area contributed by atoms with Gasteiger partial charge in [-0.25, -0.2) is 4.98 Å². The number of rotatable bonds is 2. The second-order valence-corrected chi connectivity index (χ2v) is 4.99. The molecule has 1 aromatic heterocycles. The number of amides is 1. The van der Waals surface area contributed by atoms with Crippen LogP contribution < -0.4 is 5.32 Å². The van der Waals surface area contributed by atoms with Gasteiger partial charge in [0.15, 0.2) is 5.15 Å². The highest BCUT2D eigenvalue weighted by atomic mass is 79.9. The molecular formula is C13H10BrClN2O. The number of nitrogens with one attached hydrogen (secondary N) is 1. The van der Waals surface area contributed by atoms with E-state index in [0.717, 1.165) is 10.0 Å². The van der Waals surface area contributed by atoms with Crippen LogP contribution in [0, 0.1) is 6.92 Å². The lowest BCUT2D eigenvalue weighted by Gasteiger charge is -2.08. The van der Waals surface area contributed by atoms with E-state index in [1.807, 2.05) is 19.1 Å². The van der Waals surface area contributed by atoms with Crippen LogP contribution in [-0.4, -0.2) is 10.9 Å². The van der Waals surface area contributed by atoms with Gasteiger partial charge in [-0.15, -0.1) is 0 Å². The van der Waals surface area contributed by atoms with E-state index in [2.05, 4.69) is 26.2 Å². The fraction of sp³-hybridized carbons (Fsp3) is 0.0769. The molecule has 0 bridgehead atoms. The summed E-state index contributed by atoms with van der Waals surface area (Å²) in [6, 6.07) is 8.95. The molecule has 0 fully saturated rings. The third kappa shape index (κ3) is 2.89. The van der Waals surface area contributed by atoms with Crippen molar-refractivity contribution in [2.75, 3.05) is 5.32 Å². The van der Waals surface area contributed by atoms with Crippen molar-refractivity contribution < 1.29 is 4.79 Å². The summed E-state index contributed by atoms with van der Waals surface area (Å²) in [6.45, 7) is 1.96. The lowest BCUT2D eigenvalue weighted by Crippen LogP contribution is -2.13. The highest BCUT2D eigenvalue weighted by Crippen LogP contribution is 2.22. The Bertz CT molecular complexity index is 601. The van der Waals surface area contributed by atoms with Crippen LogP contribution in [-0.2, 0) is 0 Å². The van der Waals surface area contributed by atoms with Crippen molar-refractivity contribution in [2.45, 2.75) is 6.92 Å². The number of nitrogens with zero attached hydrogens (tertiary/aromatic N) is 1. The quantitative estimate of drug-likeness (QED) is 0.846. The van der Waals surface area contributed by atoms with Crippen LogP contribution in [0.2, 0.25) is 5.15 Å². The highest BCUT2D eigenvalue weighted by molar-refractivity contribution is 9.10. The average molecular weight is 326 g/mol. The van der Waals surface area contributed by atoms with Crippen LogP contribution >= 0.6 is 27.5 Å². The van der Waals surface area contributed by atoms with E-state index in [4.69, 9.17) is 11.6 Å². The maximum atomic E-state index is 12.1. The van der Waals surface area contributed by atoms with Crippen molar-refractivity contribution in [2.24, 2.45) is 0 Å². The molecular weight excluding hydrogens is 316 g/mol. The van der Waals surface area contributed by atoms with Gasteiger partial charge in [0.2, 0.25) is 0 Å². The molecule has 1 amide bonds. The summed E-state index contributed by atoms with van der Waals surface area (Å²) in [5.41, 5.74) is 2.13. The Morgan fingerprint density at radius 3 is 2.83 bits per heavy atom. The van der Waals surface area contributed by atoms with E-state index in [1.165, 1.54) is 0 Å². The number of pyridine rings is 1. The van der Waals surface area contributed by atoms with Crippen LogP contribution in [0.25, 0.3) is 0 Å². The first-order valence-corrected chi connectivity index (χ1v) is 6.43. The molecule has 0 radical (unpaired) electrons. The largest absolute Gasteiger partial charge is 0.319 e. The Labute approximate surface area is 118 Å². The fourth-order valence-corrected chi connectivity index (χ4v) is 2.31. The Hall–Kier alpha value is -1.39. The molecule has 0 aliphatic carbocycles. The summed E-state index contributed by atoms with van der Waals surface area (Å²) in [7, 11) is 0. The highest BCUT2D eigenvalue weighted by Gasteiger charge is 2.11. The Kier molecular flexibility index (Phi) is 3.99. The number of hydrogen-bond acceptors (Lipinski definition) is 2. The number of halogens is 2. The second-order valence-electron chi connectivity index (χ2n) is 3.78. The van der Waals surface area contributed by atoms with Crippen molar-refractivity contribution in [3.05, 3.63) is 57.3 Å². The standard InChI is InChI=1S/C13H10BrClN2O/c1-8-4-5-9(10(14)7-8)13(18)17-11-3-2-6-16-12(11)15/h2-7H,1H3,(H,17,18). The molecule has 1 N–H and O–H groups in total. The maximum absolute atomic E-state index is 12.1. The van der Waals surface area contributed by atoms with Gasteiger partial charge in [0.25, 0.3) is 5.91 Å². The van der Waals surface area contributed by atoms with E-state index in [-0.39, 0.29) is 11.1 Å².